The summed E-state index contributed by atoms with van der Waals surface area (Å²) in [5, 5.41) is 3.20. The van der Waals surface area contributed by atoms with Crippen molar-refractivity contribution in [3.8, 4) is 0 Å². The van der Waals surface area contributed by atoms with Crippen molar-refractivity contribution < 1.29 is 13.2 Å². The lowest BCUT2D eigenvalue weighted by molar-refractivity contribution is -0.137. The largest absolute Gasteiger partial charge is 0.416 e. The molecule has 1 rings (SSSR count). The highest BCUT2D eigenvalue weighted by molar-refractivity contribution is 7.99. The van der Waals surface area contributed by atoms with Crippen molar-refractivity contribution in [3.05, 3.63) is 28.8 Å². The lowest BCUT2D eigenvalue weighted by atomic mass is 10.2. The minimum Gasteiger partial charge on any atom is -0.381 e. The standard InChI is InChI=1S/C12H15ClF3NS/c1-3-18-7-8(2)17-11-5-4-9(6-10(11)13)12(14,15)16/h4-6,8,17H,3,7H2,1-2H3. The third-order valence-electron chi connectivity index (χ3n) is 2.27. The lowest BCUT2D eigenvalue weighted by Crippen LogP contribution is -2.18. The van der Waals surface area contributed by atoms with Gasteiger partial charge in [0.2, 0.25) is 0 Å². The normalized spacial score (nSPS) is 13.4. The van der Waals surface area contributed by atoms with Crippen LogP contribution in [0.4, 0.5) is 18.9 Å². The van der Waals surface area contributed by atoms with Crippen LogP contribution in [-0.2, 0) is 6.18 Å². The first-order valence-electron chi connectivity index (χ1n) is 5.55. The molecular weight excluding hydrogens is 283 g/mol. The maximum absolute atomic E-state index is 12.4. The Morgan fingerprint density at radius 1 is 1.39 bits per heavy atom. The molecule has 1 N–H and O–H groups in total. The number of halogens is 4. The van der Waals surface area contributed by atoms with Gasteiger partial charge in [-0.15, -0.1) is 0 Å². The fourth-order valence-corrected chi connectivity index (χ4v) is 2.32. The Hall–Kier alpha value is -0.550. The van der Waals surface area contributed by atoms with Gasteiger partial charge in [0.25, 0.3) is 0 Å². The SMILES string of the molecule is CCSCC(C)Nc1ccc(C(F)(F)F)cc1Cl. The predicted molar refractivity (Wildman–Crippen MR) is 72.5 cm³/mol. The second kappa shape index (κ2) is 6.57. The van der Waals surface area contributed by atoms with Gasteiger partial charge in [-0.1, -0.05) is 18.5 Å². The van der Waals surface area contributed by atoms with Crippen molar-refractivity contribution in [1.82, 2.24) is 0 Å². The second-order valence-corrected chi connectivity index (χ2v) is 5.62. The second-order valence-electron chi connectivity index (χ2n) is 3.90. The van der Waals surface area contributed by atoms with Crippen LogP contribution in [0.15, 0.2) is 18.2 Å². The van der Waals surface area contributed by atoms with E-state index in [9.17, 15) is 13.2 Å². The molecule has 18 heavy (non-hydrogen) atoms. The summed E-state index contributed by atoms with van der Waals surface area (Å²) in [4.78, 5) is 0. The Morgan fingerprint density at radius 3 is 2.56 bits per heavy atom. The molecule has 0 fully saturated rings. The smallest absolute Gasteiger partial charge is 0.381 e. The van der Waals surface area contributed by atoms with E-state index >= 15 is 0 Å². The van der Waals surface area contributed by atoms with Gasteiger partial charge in [0.1, 0.15) is 0 Å². The molecule has 6 heteroatoms. The number of rotatable bonds is 5. The third kappa shape index (κ3) is 4.61. The summed E-state index contributed by atoms with van der Waals surface area (Å²) in [6.45, 7) is 4.03. The van der Waals surface area contributed by atoms with Crippen LogP contribution in [0.1, 0.15) is 19.4 Å². The molecule has 0 spiro atoms. The van der Waals surface area contributed by atoms with Crippen LogP contribution in [0.5, 0.6) is 0 Å². The quantitative estimate of drug-likeness (QED) is 0.828. The zero-order valence-corrected chi connectivity index (χ0v) is 11.7. The van der Waals surface area contributed by atoms with Crippen molar-refractivity contribution in [1.29, 1.82) is 0 Å². The van der Waals surface area contributed by atoms with E-state index < -0.39 is 11.7 Å². The molecule has 0 aliphatic carbocycles. The Bertz CT molecular complexity index is 395. The van der Waals surface area contributed by atoms with Gasteiger partial charge < -0.3 is 5.32 Å². The number of hydrogen-bond donors (Lipinski definition) is 1. The molecule has 0 aliphatic heterocycles. The highest BCUT2D eigenvalue weighted by Crippen LogP contribution is 2.33. The van der Waals surface area contributed by atoms with Crippen molar-refractivity contribution >= 4 is 29.1 Å². The van der Waals surface area contributed by atoms with E-state index in [1.165, 1.54) is 6.07 Å². The molecule has 0 bridgehead atoms. The average Bonchev–Trinajstić information content (AvgIpc) is 2.27. The van der Waals surface area contributed by atoms with E-state index in [0.717, 1.165) is 23.6 Å². The van der Waals surface area contributed by atoms with Crippen LogP contribution in [0, 0.1) is 0 Å². The number of alkyl halides is 3. The van der Waals surface area contributed by atoms with Crippen LogP contribution < -0.4 is 5.32 Å². The van der Waals surface area contributed by atoms with Gasteiger partial charge in [0.15, 0.2) is 0 Å². The van der Waals surface area contributed by atoms with Crippen LogP contribution in [0.2, 0.25) is 5.02 Å². The first-order chi connectivity index (χ1) is 8.34. The summed E-state index contributed by atoms with van der Waals surface area (Å²) in [6.07, 6.45) is -4.36. The van der Waals surface area contributed by atoms with Gasteiger partial charge in [-0.3, -0.25) is 0 Å². The molecule has 1 atom stereocenters. The van der Waals surface area contributed by atoms with E-state index in [1.807, 2.05) is 6.92 Å². The molecule has 1 aromatic carbocycles. The van der Waals surface area contributed by atoms with Gasteiger partial charge in [-0.25, -0.2) is 0 Å². The van der Waals surface area contributed by atoms with Gasteiger partial charge >= 0.3 is 6.18 Å². The van der Waals surface area contributed by atoms with Crippen molar-refractivity contribution in [2.75, 3.05) is 16.8 Å². The molecule has 0 heterocycles. The molecule has 1 unspecified atom stereocenters. The topological polar surface area (TPSA) is 12.0 Å². The zero-order chi connectivity index (χ0) is 13.8. The van der Waals surface area contributed by atoms with Crippen LogP contribution in [0.25, 0.3) is 0 Å². The van der Waals surface area contributed by atoms with Crippen molar-refractivity contribution in [2.24, 2.45) is 0 Å². The number of nitrogens with one attached hydrogen (secondary N) is 1. The summed E-state index contributed by atoms with van der Waals surface area (Å²) in [7, 11) is 0. The summed E-state index contributed by atoms with van der Waals surface area (Å²) in [5.74, 6) is 1.89. The number of hydrogen-bond acceptors (Lipinski definition) is 2. The molecule has 0 amide bonds. The third-order valence-corrected chi connectivity index (χ3v) is 3.73. The fourth-order valence-electron chi connectivity index (χ4n) is 1.41. The molecule has 0 aromatic heterocycles. The maximum atomic E-state index is 12.4. The van der Waals surface area contributed by atoms with E-state index in [1.54, 1.807) is 11.8 Å². The van der Waals surface area contributed by atoms with Gasteiger partial charge in [-0.2, -0.15) is 24.9 Å². The fraction of sp³-hybridized carbons (Fsp3) is 0.500. The molecule has 102 valence electrons. The first-order valence-corrected chi connectivity index (χ1v) is 7.09. The predicted octanol–water partition coefficient (Wildman–Crippen LogP) is 4.91. The number of benzene rings is 1. The Balaban J connectivity index is 2.74. The minimum atomic E-state index is -4.36. The summed E-state index contributed by atoms with van der Waals surface area (Å²) in [5.41, 5.74) is -0.192. The maximum Gasteiger partial charge on any atom is 0.416 e. The highest BCUT2D eigenvalue weighted by atomic mass is 35.5. The van der Waals surface area contributed by atoms with Crippen molar-refractivity contribution in [2.45, 2.75) is 26.1 Å². The highest BCUT2D eigenvalue weighted by Gasteiger charge is 2.30. The van der Waals surface area contributed by atoms with Gasteiger partial charge in [-0.05, 0) is 30.9 Å². The number of anilines is 1. The average molecular weight is 298 g/mol. The molecule has 1 nitrogen and oxygen atoms in total. The van der Waals surface area contributed by atoms with E-state index in [-0.39, 0.29) is 11.1 Å². The van der Waals surface area contributed by atoms with Crippen LogP contribution in [-0.4, -0.2) is 17.5 Å². The molecular formula is C12H15ClF3NS. The van der Waals surface area contributed by atoms with E-state index in [0.29, 0.717) is 5.69 Å². The molecule has 1 aromatic rings. The minimum absolute atomic E-state index is 0.0955. The summed E-state index contributed by atoms with van der Waals surface area (Å²) >= 11 is 7.61. The Morgan fingerprint density at radius 2 is 2.06 bits per heavy atom. The Kier molecular flexibility index (Phi) is 5.66. The van der Waals surface area contributed by atoms with E-state index in [2.05, 4.69) is 12.2 Å². The van der Waals surface area contributed by atoms with Crippen LogP contribution >= 0.6 is 23.4 Å². The first kappa shape index (κ1) is 15.5. The number of thioether (sulfide) groups is 1. The zero-order valence-electron chi connectivity index (χ0n) is 10.1. The summed E-state index contributed by atoms with van der Waals surface area (Å²) in [6, 6.07) is 3.51. The lowest BCUT2D eigenvalue weighted by Gasteiger charge is -2.16. The molecule has 0 aliphatic rings. The molecule has 0 saturated carbocycles. The van der Waals surface area contributed by atoms with Gasteiger partial charge in [0, 0.05) is 11.8 Å². The Labute approximate surface area is 114 Å². The van der Waals surface area contributed by atoms with E-state index in [4.69, 9.17) is 11.6 Å². The van der Waals surface area contributed by atoms with Crippen LogP contribution in [0.3, 0.4) is 0 Å². The molecule has 0 radical (unpaired) electrons. The monoisotopic (exact) mass is 297 g/mol. The summed E-state index contributed by atoms with van der Waals surface area (Å²) < 4.78 is 37.3. The van der Waals surface area contributed by atoms with Gasteiger partial charge in [0.05, 0.1) is 16.3 Å². The van der Waals surface area contributed by atoms with Crippen molar-refractivity contribution in [3.63, 3.8) is 0 Å². The molecule has 0 saturated heterocycles.